The van der Waals surface area contributed by atoms with Crippen molar-refractivity contribution in [2.45, 2.75) is 70.3 Å². The minimum atomic E-state index is -0.903. The Hall–Kier alpha value is -1.94. The normalized spacial score (nSPS) is 12.0. The third-order valence-corrected chi connectivity index (χ3v) is 5.79. The molecule has 0 unspecified atom stereocenters. The van der Waals surface area contributed by atoms with Gasteiger partial charge in [0.15, 0.2) is 0 Å². The molecule has 2 rings (SSSR count). The van der Waals surface area contributed by atoms with E-state index in [2.05, 4.69) is 67.6 Å². The van der Waals surface area contributed by atoms with Crippen LogP contribution < -0.4 is 5.73 Å². The lowest BCUT2D eigenvalue weighted by molar-refractivity contribution is 0.115. The van der Waals surface area contributed by atoms with Crippen molar-refractivity contribution in [2.75, 3.05) is 13.2 Å². The number of rotatable bonds is 14. The molecule has 0 aliphatic carbocycles. The Morgan fingerprint density at radius 1 is 0.700 bits per heavy atom. The predicted octanol–water partition coefficient (Wildman–Crippen LogP) is 5.37. The van der Waals surface area contributed by atoms with Crippen LogP contribution in [0.2, 0.25) is 0 Å². The van der Waals surface area contributed by atoms with E-state index in [-0.39, 0.29) is 13.2 Å². The van der Waals surface area contributed by atoms with Crippen LogP contribution in [0.3, 0.4) is 0 Å². The molecule has 0 amide bonds. The summed E-state index contributed by atoms with van der Waals surface area (Å²) in [7, 11) is 0. The minimum Gasteiger partial charge on any atom is -0.394 e. The zero-order chi connectivity index (χ0) is 21.7. The number of aliphatic hydroxyl groups excluding tert-OH is 2. The Morgan fingerprint density at radius 3 is 1.67 bits per heavy atom. The molecule has 2 aromatic rings. The Bertz CT molecular complexity index is 730. The number of unbranched alkanes of at least 4 members (excludes halogenated alkanes) is 5. The molecule has 0 fully saturated rings. The SMILES string of the molecule is CCCCCCCCc1ccc(/C=C/c2ccc(CCC(N)(CO)CO)cc2)cc1. The molecule has 4 N–H and O–H groups in total. The minimum absolute atomic E-state index is 0.206. The molecule has 0 aromatic heterocycles. The molecule has 3 nitrogen and oxygen atoms in total. The first-order valence-corrected chi connectivity index (χ1v) is 11.4. The fourth-order valence-corrected chi connectivity index (χ4v) is 3.49. The Balaban J connectivity index is 1.78. The van der Waals surface area contributed by atoms with E-state index >= 15 is 0 Å². The number of aryl methyl sites for hydroxylation is 2. The lowest BCUT2D eigenvalue weighted by Gasteiger charge is -2.24. The van der Waals surface area contributed by atoms with Crippen LogP contribution in [0.4, 0.5) is 0 Å². The van der Waals surface area contributed by atoms with E-state index in [0.717, 1.165) is 17.5 Å². The number of aliphatic hydroxyl groups is 2. The van der Waals surface area contributed by atoms with Gasteiger partial charge in [0.05, 0.1) is 18.8 Å². The average Bonchev–Trinajstić information content (AvgIpc) is 2.80. The summed E-state index contributed by atoms with van der Waals surface area (Å²) in [6.07, 6.45) is 14.8. The van der Waals surface area contributed by atoms with Crippen LogP contribution >= 0.6 is 0 Å². The van der Waals surface area contributed by atoms with Crippen molar-refractivity contribution >= 4 is 12.2 Å². The van der Waals surface area contributed by atoms with Crippen molar-refractivity contribution in [2.24, 2.45) is 5.73 Å². The molecule has 0 bridgehead atoms. The quantitative estimate of drug-likeness (QED) is 0.290. The van der Waals surface area contributed by atoms with Gasteiger partial charge in [0, 0.05) is 0 Å². The Labute approximate surface area is 182 Å². The molecule has 3 heteroatoms. The van der Waals surface area contributed by atoms with E-state index in [0.29, 0.717) is 6.42 Å². The van der Waals surface area contributed by atoms with Gasteiger partial charge in [-0.25, -0.2) is 0 Å². The average molecular weight is 410 g/mol. The molecular weight excluding hydrogens is 370 g/mol. The Kier molecular flexibility index (Phi) is 10.9. The summed E-state index contributed by atoms with van der Waals surface area (Å²) in [6.45, 7) is 1.85. The first kappa shape index (κ1) is 24.3. The van der Waals surface area contributed by atoms with E-state index in [1.165, 1.54) is 56.1 Å². The van der Waals surface area contributed by atoms with Crippen LogP contribution in [0.25, 0.3) is 12.2 Å². The monoisotopic (exact) mass is 409 g/mol. The third-order valence-electron chi connectivity index (χ3n) is 5.79. The molecule has 0 aliphatic heterocycles. The smallest absolute Gasteiger partial charge is 0.0633 e. The highest BCUT2D eigenvalue weighted by Gasteiger charge is 2.22. The third kappa shape index (κ3) is 8.83. The van der Waals surface area contributed by atoms with Crippen LogP contribution in [-0.2, 0) is 12.8 Å². The lowest BCUT2D eigenvalue weighted by atomic mass is 9.93. The summed E-state index contributed by atoms with van der Waals surface area (Å²) in [6, 6.07) is 17.2. The van der Waals surface area contributed by atoms with Crippen LogP contribution in [0.1, 0.15) is 74.1 Å². The predicted molar refractivity (Wildman–Crippen MR) is 128 cm³/mol. The van der Waals surface area contributed by atoms with Crippen molar-refractivity contribution in [3.63, 3.8) is 0 Å². The fourth-order valence-electron chi connectivity index (χ4n) is 3.49. The van der Waals surface area contributed by atoms with Crippen molar-refractivity contribution in [3.05, 3.63) is 70.8 Å². The van der Waals surface area contributed by atoms with Crippen LogP contribution in [0.15, 0.2) is 48.5 Å². The van der Waals surface area contributed by atoms with E-state index in [1.807, 2.05) is 0 Å². The summed E-state index contributed by atoms with van der Waals surface area (Å²) in [4.78, 5) is 0. The Morgan fingerprint density at radius 2 is 1.17 bits per heavy atom. The van der Waals surface area contributed by atoms with Gasteiger partial charge in [-0.2, -0.15) is 0 Å². The second-order valence-electron chi connectivity index (χ2n) is 8.51. The van der Waals surface area contributed by atoms with Gasteiger partial charge in [-0.1, -0.05) is 99.7 Å². The van der Waals surface area contributed by atoms with Gasteiger partial charge in [-0.05, 0) is 47.9 Å². The summed E-state index contributed by atoms with van der Waals surface area (Å²) >= 11 is 0. The maximum absolute atomic E-state index is 9.29. The highest BCUT2D eigenvalue weighted by Crippen LogP contribution is 2.16. The zero-order valence-corrected chi connectivity index (χ0v) is 18.5. The standard InChI is InChI=1S/C27H39NO2/c1-2-3-4-5-6-7-8-23-9-11-24(12-10-23)13-14-25-15-17-26(18-16-25)19-20-27(28,21-29)22-30/h9-18,29-30H,2-8,19-22,28H2,1H3/b14-13+. The first-order valence-electron chi connectivity index (χ1n) is 11.4. The zero-order valence-electron chi connectivity index (χ0n) is 18.5. The maximum atomic E-state index is 9.29. The topological polar surface area (TPSA) is 66.5 Å². The molecule has 0 saturated heterocycles. The molecule has 30 heavy (non-hydrogen) atoms. The molecular formula is C27H39NO2. The molecule has 0 heterocycles. The second-order valence-corrected chi connectivity index (χ2v) is 8.51. The van der Waals surface area contributed by atoms with E-state index in [9.17, 15) is 10.2 Å². The van der Waals surface area contributed by atoms with Gasteiger partial charge in [0.2, 0.25) is 0 Å². The van der Waals surface area contributed by atoms with E-state index < -0.39 is 5.54 Å². The molecule has 0 radical (unpaired) electrons. The van der Waals surface area contributed by atoms with E-state index in [1.54, 1.807) is 0 Å². The van der Waals surface area contributed by atoms with Gasteiger partial charge in [-0.15, -0.1) is 0 Å². The van der Waals surface area contributed by atoms with Crippen molar-refractivity contribution in [3.8, 4) is 0 Å². The lowest BCUT2D eigenvalue weighted by Crippen LogP contribution is -2.47. The molecule has 0 aliphatic rings. The van der Waals surface area contributed by atoms with Gasteiger partial charge in [0.1, 0.15) is 0 Å². The molecule has 0 spiro atoms. The largest absolute Gasteiger partial charge is 0.394 e. The summed E-state index contributed by atoms with van der Waals surface area (Å²) in [5.74, 6) is 0. The van der Waals surface area contributed by atoms with Crippen molar-refractivity contribution < 1.29 is 10.2 Å². The highest BCUT2D eigenvalue weighted by atomic mass is 16.3. The first-order chi connectivity index (χ1) is 14.6. The molecule has 2 aromatic carbocycles. The van der Waals surface area contributed by atoms with Crippen molar-refractivity contribution in [1.82, 2.24) is 0 Å². The van der Waals surface area contributed by atoms with Crippen LogP contribution in [-0.4, -0.2) is 29.0 Å². The number of benzene rings is 2. The van der Waals surface area contributed by atoms with Gasteiger partial charge in [0.25, 0.3) is 0 Å². The van der Waals surface area contributed by atoms with Crippen LogP contribution in [0, 0.1) is 0 Å². The maximum Gasteiger partial charge on any atom is 0.0633 e. The summed E-state index contributed by atoms with van der Waals surface area (Å²) in [5.41, 5.74) is 9.98. The summed E-state index contributed by atoms with van der Waals surface area (Å²) in [5, 5.41) is 18.6. The van der Waals surface area contributed by atoms with Crippen molar-refractivity contribution in [1.29, 1.82) is 0 Å². The van der Waals surface area contributed by atoms with Gasteiger partial charge in [-0.3, -0.25) is 0 Å². The van der Waals surface area contributed by atoms with Gasteiger partial charge < -0.3 is 15.9 Å². The van der Waals surface area contributed by atoms with Crippen LogP contribution in [0.5, 0.6) is 0 Å². The number of hydrogen-bond acceptors (Lipinski definition) is 3. The second kappa shape index (κ2) is 13.4. The molecule has 0 saturated carbocycles. The fraction of sp³-hybridized carbons (Fsp3) is 0.481. The molecule has 0 atom stereocenters. The number of nitrogens with two attached hydrogens (primary N) is 1. The van der Waals surface area contributed by atoms with Gasteiger partial charge >= 0.3 is 0 Å². The number of hydrogen-bond donors (Lipinski definition) is 3. The highest BCUT2D eigenvalue weighted by molar-refractivity contribution is 5.69. The molecule has 164 valence electrons. The summed E-state index contributed by atoms with van der Waals surface area (Å²) < 4.78 is 0. The van der Waals surface area contributed by atoms with E-state index in [4.69, 9.17) is 5.73 Å².